The van der Waals surface area contributed by atoms with E-state index in [2.05, 4.69) is 10.1 Å². The van der Waals surface area contributed by atoms with Crippen LogP contribution in [0.25, 0.3) is 5.69 Å². The molecule has 0 atom stereocenters. The molecule has 2 heterocycles. The molecule has 1 N–H and O–H groups in total. The summed E-state index contributed by atoms with van der Waals surface area (Å²) in [4.78, 5) is 30.9. The first-order valence-corrected chi connectivity index (χ1v) is 12.9. The molecule has 210 valence electrons. The van der Waals surface area contributed by atoms with Crippen LogP contribution >= 0.6 is 11.8 Å². The van der Waals surface area contributed by atoms with Gasteiger partial charge in [0.25, 0.3) is 12.0 Å². The van der Waals surface area contributed by atoms with Crippen molar-refractivity contribution in [2.24, 2.45) is 0 Å². The Kier molecular flexibility index (Phi) is 9.17. The number of nitrogens with one attached hydrogen (secondary N) is 1. The lowest BCUT2D eigenvalue weighted by Gasteiger charge is -2.16. The SMILES string of the molecule is COCOc1cnc(Oc2c(C)cc(-n3nc(C(F)F)c(=O)[nH]c3=O)cc2C)cc1SCc1ccc(OC)cc1. The minimum atomic E-state index is -3.14. The molecule has 10 nitrogen and oxygen atoms in total. The number of hydrogen-bond acceptors (Lipinski definition) is 9. The summed E-state index contributed by atoms with van der Waals surface area (Å²) < 4.78 is 49.1. The van der Waals surface area contributed by atoms with E-state index in [1.807, 2.05) is 29.2 Å². The van der Waals surface area contributed by atoms with Gasteiger partial charge in [-0.2, -0.15) is 9.78 Å². The summed E-state index contributed by atoms with van der Waals surface area (Å²) >= 11 is 1.53. The highest BCUT2D eigenvalue weighted by Gasteiger charge is 2.19. The summed E-state index contributed by atoms with van der Waals surface area (Å²) in [5.41, 5.74) is -0.772. The minimum Gasteiger partial charge on any atom is -0.497 e. The number of benzene rings is 2. The number of alkyl halides is 2. The monoisotopic (exact) mass is 572 g/mol. The van der Waals surface area contributed by atoms with Crippen LogP contribution in [0.15, 0.2) is 63.1 Å². The largest absolute Gasteiger partial charge is 0.497 e. The molecule has 0 aliphatic rings. The van der Waals surface area contributed by atoms with Crippen molar-refractivity contribution in [3.8, 4) is 28.8 Å². The Bertz CT molecular complexity index is 1590. The molecule has 0 aliphatic carbocycles. The summed E-state index contributed by atoms with van der Waals surface area (Å²) in [5.74, 6) is 2.69. The number of aryl methyl sites for hydroxylation is 2. The molecular formula is C27H26F2N4O6S. The Hall–Kier alpha value is -4.23. The van der Waals surface area contributed by atoms with Crippen molar-refractivity contribution in [2.45, 2.75) is 30.9 Å². The van der Waals surface area contributed by atoms with E-state index in [9.17, 15) is 18.4 Å². The lowest BCUT2D eigenvalue weighted by molar-refractivity contribution is 0.0488. The first-order chi connectivity index (χ1) is 19.2. The molecule has 13 heteroatoms. The quantitative estimate of drug-likeness (QED) is 0.197. The maximum Gasteiger partial charge on any atom is 0.349 e. The molecule has 4 rings (SSSR count). The van der Waals surface area contributed by atoms with E-state index >= 15 is 0 Å². The van der Waals surface area contributed by atoms with Gasteiger partial charge >= 0.3 is 5.69 Å². The number of ether oxygens (including phenoxy) is 4. The zero-order chi connectivity index (χ0) is 28.8. The number of methoxy groups -OCH3 is 2. The van der Waals surface area contributed by atoms with Crippen LogP contribution in [-0.4, -0.2) is 40.8 Å². The highest BCUT2D eigenvalue weighted by atomic mass is 32.2. The number of pyridine rings is 1. The molecule has 4 aromatic rings. The van der Waals surface area contributed by atoms with Gasteiger partial charge < -0.3 is 18.9 Å². The van der Waals surface area contributed by atoms with Crippen LogP contribution in [0.5, 0.6) is 23.1 Å². The van der Waals surface area contributed by atoms with Crippen LogP contribution < -0.4 is 25.5 Å². The molecule has 0 bridgehead atoms. The van der Waals surface area contributed by atoms with Crippen LogP contribution in [-0.2, 0) is 10.5 Å². The van der Waals surface area contributed by atoms with Gasteiger partial charge in [-0.25, -0.2) is 18.6 Å². The number of nitrogens with zero attached hydrogens (tertiary/aromatic N) is 3. The van der Waals surface area contributed by atoms with E-state index < -0.39 is 23.4 Å². The molecule has 0 unspecified atom stereocenters. The van der Waals surface area contributed by atoms with Gasteiger partial charge in [0, 0.05) is 18.9 Å². The molecule has 0 aliphatic heterocycles. The maximum atomic E-state index is 13.2. The Morgan fingerprint density at radius 1 is 1.05 bits per heavy atom. The van der Waals surface area contributed by atoms with Gasteiger partial charge in [-0.1, -0.05) is 12.1 Å². The third-order valence-electron chi connectivity index (χ3n) is 5.65. The Morgan fingerprint density at radius 3 is 2.38 bits per heavy atom. The second-order valence-corrected chi connectivity index (χ2v) is 9.54. The van der Waals surface area contributed by atoms with Gasteiger partial charge in [0.2, 0.25) is 5.88 Å². The highest BCUT2D eigenvalue weighted by Crippen LogP contribution is 2.36. The first kappa shape index (κ1) is 28.8. The number of hydrogen-bond donors (Lipinski definition) is 1. The lowest BCUT2D eigenvalue weighted by Crippen LogP contribution is -2.34. The molecule has 2 aromatic heterocycles. The van der Waals surface area contributed by atoms with Crippen molar-refractivity contribution in [3.63, 3.8) is 0 Å². The highest BCUT2D eigenvalue weighted by molar-refractivity contribution is 7.98. The lowest BCUT2D eigenvalue weighted by atomic mass is 10.1. The number of halogens is 2. The van der Waals surface area contributed by atoms with E-state index in [4.69, 9.17) is 18.9 Å². The van der Waals surface area contributed by atoms with E-state index in [0.29, 0.717) is 34.3 Å². The molecule has 0 spiro atoms. The second-order valence-electron chi connectivity index (χ2n) is 8.52. The fraction of sp³-hybridized carbons (Fsp3) is 0.259. The topological polar surface area (TPSA) is 118 Å². The molecule has 40 heavy (non-hydrogen) atoms. The van der Waals surface area contributed by atoms with Crippen molar-refractivity contribution in [3.05, 3.63) is 91.9 Å². The summed E-state index contributed by atoms with van der Waals surface area (Å²) in [6.07, 6.45) is -1.60. The average molecular weight is 573 g/mol. The Morgan fingerprint density at radius 2 is 1.75 bits per heavy atom. The van der Waals surface area contributed by atoms with Crippen molar-refractivity contribution in [1.82, 2.24) is 19.7 Å². The zero-order valence-electron chi connectivity index (χ0n) is 22.1. The van der Waals surface area contributed by atoms with Gasteiger partial charge in [0.1, 0.15) is 11.5 Å². The van der Waals surface area contributed by atoms with Crippen molar-refractivity contribution >= 4 is 11.8 Å². The number of aromatic nitrogens is 4. The smallest absolute Gasteiger partial charge is 0.349 e. The minimum absolute atomic E-state index is 0.0447. The summed E-state index contributed by atoms with van der Waals surface area (Å²) in [6, 6.07) is 12.6. The number of H-pyrrole nitrogens is 1. The number of rotatable bonds is 11. The Balaban J connectivity index is 1.61. The molecule has 0 saturated carbocycles. The standard InChI is InChI=1S/C27H26F2N4O6S/c1-15-9-18(33-27(35)31-26(34)23(32-33)25(28)29)10-16(2)24(15)39-22-11-21(20(12-30-22)38-14-36-3)40-13-17-5-7-19(37-4)8-6-17/h5-12,25H,13-14H2,1-4H3,(H,31,34,35). The fourth-order valence-corrected chi connectivity index (χ4v) is 4.69. The first-order valence-electron chi connectivity index (χ1n) is 11.9. The summed E-state index contributed by atoms with van der Waals surface area (Å²) in [6.45, 7) is 3.50. The van der Waals surface area contributed by atoms with Crippen LogP contribution in [0.1, 0.15) is 28.8 Å². The average Bonchev–Trinajstić information content (AvgIpc) is 2.93. The third kappa shape index (κ3) is 6.66. The van der Waals surface area contributed by atoms with Crippen LogP contribution in [0.4, 0.5) is 8.78 Å². The van der Waals surface area contributed by atoms with Gasteiger partial charge in [-0.05, 0) is 54.8 Å². The van der Waals surface area contributed by atoms with E-state index in [0.717, 1.165) is 20.9 Å². The van der Waals surface area contributed by atoms with Crippen molar-refractivity contribution < 1.29 is 27.7 Å². The maximum absolute atomic E-state index is 13.2. The van der Waals surface area contributed by atoms with Crippen molar-refractivity contribution in [2.75, 3.05) is 21.0 Å². The molecule has 0 saturated heterocycles. The number of thioether (sulfide) groups is 1. The summed E-state index contributed by atoms with van der Waals surface area (Å²) in [5, 5.41) is 3.56. The zero-order valence-corrected chi connectivity index (χ0v) is 22.9. The van der Waals surface area contributed by atoms with Gasteiger partial charge in [0.05, 0.1) is 23.9 Å². The predicted molar refractivity (Wildman–Crippen MR) is 144 cm³/mol. The van der Waals surface area contributed by atoms with E-state index in [-0.39, 0.29) is 12.5 Å². The van der Waals surface area contributed by atoms with Crippen LogP contribution in [0.3, 0.4) is 0 Å². The molecule has 0 radical (unpaired) electrons. The number of aromatic amines is 1. The van der Waals surface area contributed by atoms with Gasteiger partial charge in [0.15, 0.2) is 18.2 Å². The van der Waals surface area contributed by atoms with E-state index in [1.54, 1.807) is 45.4 Å². The second kappa shape index (κ2) is 12.7. The Labute approximate surface area is 231 Å². The van der Waals surface area contributed by atoms with Crippen molar-refractivity contribution in [1.29, 1.82) is 0 Å². The van der Waals surface area contributed by atoms with Gasteiger partial charge in [-0.15, -0.1) is 11.8 Å². The third-order valence-corrected chi connectivity index (χ3v) is 6.76. The molecule has 0 amide bonds. The van der Waals surface area contributed by atoms with Crippen LogP contribution in [0.2, 0.25) is 0 Å². The van der Waals surface area contributed by atoms with Gasteiger partial charge in [-0.3, -0.25) is 9.78 Å². The summed E-state index contributed by atoms with van der Waals surface area (Å²) in [7, 11) is 3.14. The van der Waals surface area contributed by atoms with Crippen LogP contribution in [0, 0.1) is 13.8 Å². The predicted octanol–water partition coefficient (Wildman–Crippen LogP) is 4.95. The normalized spacial score (nSPS) is 11.1. The molecule has 0 fully saturated rings. The molecule has 2 aromatic carbocycles. The fourth-order valence-electron chi connectivity index (χ4n) is 3.73. The van der Waals surface area contributed by atoms with E-state index in [1.165, 1.54) is 18.9 Å². The molecular weight excluding hydrogens is 546 g/mol.